The summed E-state index contributed by atoms with van der Waals surface area (Å²) < 4.78 is 2.44. The van der Waals surface area contributed by atoms with E-state index in [1.54, 1.807) is 0 Å². The van der Waals surface area contributed by atoms with E-state index in [1.165, 1.54) is 22.2 Å². The van der Waals surface area contributed by atoms with Crippen LogP contribution in [-0.4, -0.2) is 17.7 Å². The van der Waals surface area contributed by atoms with Crippen molar-refractivity contribution < 1.29 is 0 Å². The minimum Gasteiger partial charge on any atom is -0.345 e. The lowest BCUT2D eigenvalue weighted by atomic mass is 10.1. The summed E-state index contributed by atoms with van der Waals surface area (Å²) in [6, 6.07) is 9.40. The second-order valence-electron chi connectivity index (χ2n) is 4.79. The number of aryl methyl sites for hydroxylation is 2. The molecule has 2 heteroatoms. The predicted octanol–water partition coefficient (Wildman–Crippen LogP) is 3.12. The average molecular weight is 230 g/mol. The zero-order valence-corrected chi connectivity index (χ0v) is 11.2. The van der Waals surface area contributed by atoms with Crippen molar-refractivity contribution in [1.82, 2.24) is 9.88 Å². The molecule has 1 heterocycles. The fraction of sp³-hybridized carbons (Fsp3) is 0.467. The average Bonchev–Trinajstić information content (AvgIpc) is 2.67. The highest BCUT2D eigenvalue weighted by Gasteiger charge is 2.11. The van der Waals surface area contributed by atoms with Gasteiger partial charge in [0.05, 0.1) is 5.52 Å². The summed E-state index contributed by atoms with van der Waals surface area (Å²) in [5, 5.41) is 4.68. The summed E-state index contributed by atoms with van der Waals surface area (Å²) in [5.74, 6) is 0. The highest BCUT2D eigenvalue weighted by atomic mass is 15.0. The smallest absolute Gasteiger partial charge is 0.0512 e. The molecule has 0 aliphatic carbocycles. The molecule has 0 saturated carbocycles. The molecule has 0 radical (unpaired) electrons. The molecule has 1 N–H and O–H groups in total. The normalized spacial score (nSPS) is 13.2. The van der Waals surface area contributed by atoms with Gasteiger partial charge in [0.2, 0.25) is 0 Å². The minimum atomic E-state index is 0.518. The third-order valence-corrected chi connectivity index (χ3v) is 3.53. The number of aromatic nitrogens is 1. The number of hydrogen-bond acceptors (Lipinski definition) is 1. The number of likely N-dealkylation sites (N-methyl/N-ethyl adjacent to an activating group) is 1. The van der Waals surface area contributed by atoms with E-state index >= 15 is 0 Å². The highest BCUT2D eigenvalue weighted by Crippen LogP contribution is 2.24. The lowest BCUT2D eigenvalue weighted by Crippen LogP contribution is -2.24. The van der Waals surface area contributed by atoms with Crippen LogP contribution in [0.1, 0.15) is 25.1 Å². The van der Waals surface area contributed by atoms with Crippen molar-refractivity contribution in [2.75, 3.05) is 7.05 Å². The van der Waals surface area contributed by atoms with E-state index in [2.05, 4.69) is 54.9 Å². The maximum Gasteiger partial charge on any atom is 0.0512 e. The Morgan fingerprint density at radius 1 is 1.35 bits per heavy atom. The summed E-state index contributed by atoms with van der Waals surface area (Å²) in [5.41, 5.74) is 4.19. The molecule has 0 bridgehead atoms. The van der Waals surface area contributed by atoms with Gasteiger partial charge in [0.25, 0.3) is 0 Å². The summed E-state index contributed by atoms with van der Waals surface area (Å²) in [7, 11) is 2.02. The Bertz CT molecular complexity index is 511. The number of benzene rings is 1. The van der Waals surface area contributed by atoms with Crippen LogP contribution >= 0.6 is 0 Å². The molecule has 1 atom stereocenters. The molecule has 92 valence electrons. The van der Waals surface area contributed by atoms with Gasteiger partial charge in [0.1, 0.15) is 0 Å². The molecule has 0 saturated heterocycles. The van der Waals surface area contributed by atoms with Crippen LogP contribution in [0.3, 0.4) is 0 Å². The van der Waals surface area contributed by atoms with Crippen molar-refractivity contribution >= 4 is 10.9 Å². The van der Waals surface area contributed by atoms with Crippen molar-refractivity contribution in [3.63, 3.8) is 0 Å². The minimum absolute atomic E-state index is 0.518. The maximum atomic E-state index is 3.31. The van der Waals surface area contributed by atoms with Crippen LogP contribution in [0, 0.1) is 6.92 Å². The van der Waals surface area contributed by atoms with Gasteiger partial charge in [-0.15, -0.1) is 0 Å². The molecule has 2 aromatic rings. The van der Waals surface area contributed by atoms with Crippen LogP contribution in [0.15, 0.2) is 24.3 Å². The molecule has 17 heavy (non-hydrogen) atoms. The van der Waals surface area contributed by atoms with Gasteiger partial charge in [-0.2, -0.15) is 0 Å². The topological polar surface area (TPSA) is 17.0 Å². The maximum absolute atomic E-state index is 3.31. The van der Waals surface area contributed by atoms with E-state index in [0.717, 1.165) is 13.0 Å². The van der Waals surface area contributed by atoms with Gasteiger partial charge >= 0.3 is 0 Å². The molecule has 2 rings (SSSR count). The Balaban J connectivity index is 2.53. The van der Waals surface area contributed by atoms with Crippen LogP contribution in [0.4, 0.5) is 0 Å². The van der Waals surface area contributed by atoms with Gasteiger partial charge in [0.15, 0.2) is 0 Å². The Kier molecular flexibility index (Phi) is 3.53. The molecule has 1 aromatic carbocycles. The van der Waals surface area contributed by atoms with Gasteiger partial charge in [-0.1, -0.05) is 18.2 Å². The number of fused-ring (bicyclic) bond motifs is 1. The first kappa shape index (κ1) is 12.2. The van der Waals surface area contributed by atoms with Crippen molar-refractivity contribution in [2.24, 2.45) is 0 Å². The largest absolute Gasteiger partial charge is 0.345 e. The van der Waals surface area contributed by atoms with E-state index in [-0.39, 0.29) is 0 Å². The Hall–Kier alpha value is -1.28. The zero-order valence-electron chi connectivity index (χ0n) is 11.2. The molecule has 1 aromatic heterocycles. The predicted molar refractivity (Wildman–Crippen MR) is 74.6 cm³/mol. The SMILES string of the molecule is CCn1c(CC(C)NC)cc2cccc(C)c21. The molecule has 0 aliphatic heterocycles. The Morgan fingerprint density at radius 2 is 2.12 bits per heavy atom. The summed E-state index contributed by atoms with van der Waals surface area (Å²) in [6.45, 7) is 7.68. The van der Waals surface area contributed by atoms with E-state index < -0.39 is 0 Å². The van der Waals surface area contributed by atoms with Crippen LogP contribution in [0.25, 0.3) is 10.9 Å². The standard InChI is InChI=1S/C15H22N2/c1-5-17-14(9-12(3)16-4)10-13-8-6-7-11(2)15(13)17/h6-8,10,12,16H,5,9H2,1-4H3. The molecular weight excluding hydrogens is 208 g/mol. The summed E-state index contributed by atoms with van der Waals surface area (Å²) in [6.07, 6.45) is 1.08. The van der Waals surface area contributed by atoms with E-state index in [0.29, 0.717) is 6.04 Å². The second-order valence-corrected chi connectivity index (χ2v) is 4.79. The van der Waals surface area contributed by atoms with Crippen molar-refractivity contribution in [1.29, 1.82) is 0 Å². The zero-order chi connectivity index (χ0) is 12.4. The van der Waals surface area contributed by atoms with E-state index in [9.17, 15) is 0 Å². The van der Waals surface area contributed by atoms with E-state index in [4.69, 9.17) is 0 Å². The number of para-hydroxylation sites is 1. The fourth-order valence-corrected chi connectivity index (χ4v) is 2.51. The van der Waals surface area contributed by atoms with Gasteiger partial charge in [-0.3, -0.25) is 0 Å². The first-order valence-electron chi connectivity index (χ1n) is 6.42. The number of nitrogens with zero attached hydrogens (tertiary/aromatic N) is 1. The second kappa shape index (κ2) is 4.92. The molecule has 0 amide bonds. The fourth-order valence-electron chi connectivity index (χ4n) is 2.51. The number of nitrogens with one attached hydrogen (secondary N) is 1. The van der Waals surface area contributed by atoms with Crippen LogP contribution in [-0.2, 0) is 13.0 Å². The van der Waals surface area contributed by atoms with Gasteiger partial charge < -0.3 is 9.88 Å². The van der Waals surface area contributed by atoms with Gasteiger partial charge in [-0.25, -0.2) is 0 Å². The quantitative estimate of drug-likeness (QED) is 0.854. The third-order valence-electron chi connectivity index (χ3n) is 3.53. The van der Waals surface area contributed by atoms with Crippen LogP contribution < -0.4 is 5.32 Å². The van der Waals surface area contributed by atoms with Crippen molar-refractivity contribution in [3.8, 4) is 0 Å². The van der Waals surface area contributed by atoms with Crippen molar-refractivity contribution in [2.45, 2.75) is 39.8 Å². The molecule has 0 fully saturated rings. The molecule has 0 aliphatic rings. The van der Waals surface area contributed by atoms with Crippen molar-refractivity contribution in [3.05, 3.63) is 35.5 Å². The number of hydrogen-bond donors (Lipinski definition) is 1. The third kappa shape index (κ3) is 2.22. The molecule has 2 nitrogen and oxygen atoms in total. The van der Waals surface area contributed by atoms with Crippen LogP contribution in [0.5, 0.6) is 0 Å². The monoisotopic (exact) mass is 230 g/mol. The molecular formula is C15H22N2. The Morgan fingerprint density at radius 3 is 2.76 bits per heavy atom. The summed E-state index contributed by atoms with van der Waals surface area (Å²) >= 11 is 0. The van der Waals surface area contributed by atoms with Gasteiger partial charge in [0, 0.05) is 30.1 Å². The van der Waals surface area contributed by atoms with Crippen LogP contribution in [0.2, 0.25) is 0 Å². The first-order valence-corrected chi connectivity index (χ1v) is 6.42. The molecule has 0 spiro atoms. The lowest BCUT2D eigenvalue weighted by Gasteiger charge is -2.13. The summed E-state index contributed by atoms with van der Waals surface area (Å²) in [4.78, 5) is 0. The Labute approximate surface area is 104 Å². The first-order chi connectivity index (χ1) is 8.17. The highest BCUT2D eigenvalue weighted by molar-refractivity contribution is 5.84. The van der Waals surface area contributed by atoms with Gasteiger partial charge in [-0.05, 0) is 39.4 Å². The molecule has 1 unspecified atom stereocenters. The number of rotatable bonds is 4. The lowest BCUT2D eigenvalue weighted by molar-refractivity contribution is 0.581. The van der Waals surface area contributed by atoms with E-state index in [1.807, 2.05) is 7.05 Å².